The lowest BCUT2D eigenvalue weighted by molar-refractivity contribution is -0.136. The number of nitrogens with zero attached hydrogens (tertiary/aromatic N) is 2. The lowest BCUT2D eigenvalue weighted by Crippen LogP contribution is -2.21. The third kappa shape index (κ3) is 4.22. The molecule has 0 saturated heterocycles. The first-order valence-corrected chi connectivity index (χ1v) is 10.1. The second kappa shape index (κ2) is 7.93. The summed E-state index contributed by atoms with van der Waals surface area (Å²) in [6.07, 6.45) is 1.56. The first-order valence-electron chi connectivity index (χ1n) is 10.1. The zero-order valence-electron chi connectivity index (χ0n) is 16.6. The van der Waals surface area contributed by atoms with Gasteiger partial charge in [0.15, 0.2) is 5.82 Å². The minimum atomic E-state index is -4.54. The van der Waals surface area contributed by atoms with E-state index in [0.29, 0.717) is 5.69 Å². The Bertz CT molecular complexity index is 1030. The third-order valence-electron chi connectivity index (χ3n) is 5.14. The van der Waals surface area contributed by atoms with Gasteiger partial charge in [0.05, 0.1) is 22.6 Å². The van der Waals surface area contributed by atoms with Crippen LogP contribution < -0.4 is 10.6 Å². The van der Waals surface area contributed by atoms with Gasteiger partial charge >= 0.3 is 12.2 Å². The maximum atomic E-state index is 13.0. The molecule has 2 amide bonds. The molecule has 2 aliphatic rings. The highest BCUT2D eigenvalue weighted by Gasteiger charge is 2.40. The zero-order valence-corrected chi connectivity index (χ0v) is 16.6. The number of alkyl halides is 3. The monoisotopic (exact) mass is 416 g/mol. The van der Waals surface area contributed by atoms with Crippen molar-refractivity contribution in [2.24, 2.45) is 0 Å². The minimum Gasteiger partial charge on any atom is -0.308 e. The fourth-order valence-corrected chi connectivity index (χ4v) is 3.51. The van der Waals surface area contributed by atoms with Crippen LogP contribution in [0.5, 0.6) is 0 Å². The lowest BCUT2D eigenvalue weighted by atomic mass is 10.1. The largest absolute Gasteiger partial charge is 0.418 e. The molecule has 5 nitrogen and oxygen atoms in total. The Balaban J connectivity index is 1.32. The van der Waals surface area contributed by atoms with Crippen LogP contribution in [0.15, 0.2) is 48.5 Å². The quantitative estimate of drug-likeness (QED) is 0.322. The smallest absolute Gasteiger partial charge is 0.308 e. The molecule has 0 fully saturated rings. The van der Waals surface area contributed by atoms with E-state index in [9.17, 15) is 18.0 Å². The predicted octanol–water partition coefficient (Wildman–Crippen LogP) is 6.37. The van der Waals surface area contributed by atoms with Gasteiger partial charge in [0.1, 0.15) is 0 Å². The molecule has 8 heteroatoms. The van der Waals surface area contributed by atoms with Crippen molar-refractivity contribution in [3.05, 3.63) is 59.8 Å². The van der Waals surface area contributed by atoms with Crippen LogP contribution >= 0.6 is 0 Å². The van der Waals surface area contributed by atoms with Crippen LogP contribution in [-0.4, -0.2) is 15.4 Å². The Morgan fingerprint density at radius 1 is 0.933 bits per heavy atom. The number of rotatable bonds is 8. The number of benzene rings is 2. The molecule has 2 aromatic carbocycles. The van der Waals surface area contributed by atoms with Crippen LogP contribution in [0.2, 0.25) is 0 Å². The fourth-order valence-electron chi connectivity index (χ4n) is 3.51. The molecule has 0 unspecified atom stereocenters. The van der Waals surface area contributed by atoms with Gasteiger partial charge in [0, 0.05) is 5.69 Å². The third-order valence-corrected chi connectivity index (χ3v) is 5.14. The number of carbonyl (C=O) groups is 1. The van der Waals surface area contributed by atoms with Gasteiger partial charge < -0.3 is 10.6 Å². The molecule has 0 spiro atoms. The number of unbranched alkanes of at least 4 members (excludes halogenated alkanes) is 3. The maximum absolute atomic E-state index is 13.0. The average molecular weight is 416 g/mol. The summed E-state index contributed by atoms with van der Waals surface area (Å²) in [6.45, 7) is 2.20. The van der Waals surface area contributed by atoms with E-state index in [4.69, 9.17) is 0 Å². The number of nitrogens with one attached hydrogen (secondary N) is 2. The summed E-state index contributed by atoms with van der Waals surface area (Å²) in [7, 11) is 0. The Hall–Kier alpha value is -3.16. The molecule has 0 saturated carbocycles. The fraction of sp³-hybridized carbons (Fsp3) is 0.318. The van der Waals surface area contributed by atoms with Crippen molar-refractivity contribution in [1.29, 1.82) is 0 Å². The Kier molecular flexibility index (Phi) is 5.32. The summed E-state index contributed by atoms with van der Waals surface area (Å²) in [5.74, 6) is 1.26. The molecule has 2 N–H and O–H groups in total. The molecular weight excluding hydrogens is 393 g/mol. The second-order valence-electron chi connectivity index (χ2n) is 7.37. The molecule has 0 aromatic heterocycles. The number of aryl methyl sites for hydroxylation is 1. The van der Waals surface area contributed by atoms with Crippen molar-refractivity contribution in [2.45, 2.75) is 45.2 Å². The van der Waals surface area contributed by atoms with E-state index < -0.39 is 17.8 Å². The van der Waals surface area contributed by atoms with Gasteiger partial charge in [0.2, 0.25) is 0 Å². The molecule has 158 valence electrons. The van der Waals surface area contributed by atoms with Crippen molar-refractivity contribution in [1.82, 2.24) is 9.36 Å². The number of urea groups is 1. The molecule has 0 radical (unpaired) electrons. The molecule has 30 heavy (non-hydrogen) atoms. The topological polar surface area (TPSA) is 51.0 Å². The number of anilines is 2. The van der Waals surface area contributed by atoms with Crippen molar-refractivity contribution >= 4 is 17.4 Å². The van der Waals surface area contributed by atoms with Crippen molar-refractivity contribution in [3.8, 4) is 11.5 Å². The van der Waals surface area contributed by atoms with Gasteiger partial charge in [-0.2, -0.15) is 13.2 Å². The SMILES string of the molecule is CCCCCCc1c2n(-c3ccc(NC(=O)Nc4ccccc4C(F)(F)F)cc3)n1-2. The van der Waals surface area contributed by atoms with E-state index in [1.807, 2.05) is 12.1 Å². The number of hydrogen-bond donors (Lipinski definition) is 2. The number of para-hydroxylation sites is 1. The van der Waals surface area contributed by atoms with Crippen molar-refractivity contribution in [2.75, 3.05) is 10.6 Å². The molecule has 0 atom stereocenters. The van der Waals surface area contributed by atoms with Crippen LogP contribution in [0.25, 0.3) is 11.5 Å². The van der Waals surface area contributed by atoms with Gasteiger partial charge in [-0.15, -0.1) is 0 Å². The summed E-state index contributed by atoms with van der Waals surface area (Å²) in [5, 5.41) is 4.83. The van der Waals surface area contributed by atoms with Crippen LogP contribution in [0, 0.1) is 0 Å². The van der Waals surface area contributed by atoms with E-state index in [1.165, 1.54) is 55.4 Å². The molecular formula is C22H23F3N4O. The average Bonchev–Trinajstić information content (AvgIpc) is 3.60. The Morgan fingerprint density at radius 3 is 2.30 bits per heavy atom. The van der Waals surface area contributed by atoms with Crippen molar-refractivity contribution < 1.29 is 18.0 Å². The van der Waals surface area contributed by atoms with Crippen molar-refractivity contribution in [3.63, 3.8) is 0 Å². The highest BCUT2D eigenvalue weighted by Crippen LogP contribution is 2.43. The number of carbonyl (C=O) groups excluding carboxylic acids is 1. The number of amides is 2. The van der Waals surface area contributed by atoms with E-state index >= 15 is 0 Å². The van der Waals surface area contributed by atoms with Gasteiger partial charge in [-0.25, -0.2) is 14.2 Å². The number of hydrogen-bond acceptors (Lipinski definition) is 1. The summed E-state index contributed by atoms with van der Waals surface area (Å²) in [6, 6.07) is 11.3. The number of aromatic nitrogens is 2. The lowest BCUT2D eigenvalue weighted by Gasteiger charge is -2.14. The molecule has 2 aromatic rings. The van der Waals surface area contributed by atoms with Crippen LogP contribution in [0.1, 0.15) is 43.9 Å². The minimum absolute atomic E-state index is 0.283. The van der Waals surface area contributed by atoms with E-state index in [-0.39, 0.29) is 5.69 Å². The Morgan fingerprint density at radius 2 is 1.63 bits per heavy atom. The highest BCUT2D eigenvalue weighted by molar-refractivity contribution is 6.00. The summed E-state index contributed by atoms with van der Waals surface area (Å²) in [5.41, 5.74) is 1.73. The van der Waals surface area contributed by atoms with E-state index in [0.717, 1.165) is 18.2 Å². The maximum Gasteiger partial charge on any atom is 0.418 e. The van der Waals surface area contributed by atoms with Gasteiger partial charge in [-0.3, -0.25) is 0 Å². The molecule has 0 bridgehead atoms. The predicted molar refractivity (Wildman–Crippen MR) is 111 cm³/mol. The summed E-state index contributed by atoms with van der Waals surface area (Å²) in [4.78, 5) is 12.1. The highest BCUT2D eigenvalue weighted by atomic mass is 19.4. The molecule has 0 aliphatic carbocycles. The first kappa shape index (κ1) is 20.1. The standard InChI is InChI=1S/C22H23F3N4O/c1-2-3-4-5-10-19-20-28(29(19)20)16-13-11-15(12-14-16)26-21(30)27-18-9-7-6-8-17(18)22(23,24)25/h6-9,11-14H,2-5,10H2,1H3,(H2,26,27,30). The summed E-state index contributed by atoms with van der Waals surface area (Å²) >= 11 is 0. The van der Waals surface area contributed by atoms with Crippen LogP contribution in [0.3, 0.4) is 0 Å². The van der Waals surface area contributed by atoms with Gasteiger partial charge in [-0.1, -0.05) is 38.3 Å². The normalized spacial score (nSPS) is 12.1. The van der Waals surface area contributed by atoms with Gasteiger partial charge in [0.25, 0.3) is 0 Å². The zero-order chi connectivity index (χ0) is 21.3. The van der Waals surface area contributed by atoms with E-state index in [1.54, 1.807) is 12.1 Å². The van der Waals surface area contributed by atoms with E-state index in [2.05, 4.69) is 26.9 Å². The van der Waals surface area contributed by atoms with Crippen LogP contribution in [-0.2, 0) is 12.6 Å². The number of fused-ring (bicyclic) bond motifs is 1. The van der Waals surface area contributed by atoms with Crippen LogP contribution in [0.4, 0.5) is 29.3 Å². The first-order chi connectivity index (χ1) is 14.4. The summed E-state index contributed by atoms with van der Waals surface area (Å²) < 4.78 is 43.4. The number of halogens is 3. The molecule has 2 aliphatic heterocycles. The molecule has 2 heterocycles. The molecule has 4 rings (SSSR count). The second-order valence-corrected chi connectivity index (χ2v) is 7.37. The van der Waals surface area contributed by atoms with Gasteiger partial charge in [-0.05, 0) is 49.2 Å². The Labute approximate surface area is 172 Å².